The summed E-state index contributed by atoms with van der Waals surface area (Å²) in [5.74, 6) is 1.15. The number of nitrogens with one attached hydrogen (secondary N) is 1. The highest BCUT2D eigenvalue weighted by Gasteiger charge is 2.26. The number of hydrogen-bond donors (Lipinski definition) is 1. The van der Waals surface area contributed by atoms with Gasteiger partial charge in [-0.2, -0.15) is 0 Å². The maximum Gasteiger partial charge on any atom is 0.133 e. The van der Waals surface area contributed by atoms with Crippen LogP contribution in [0, 0.1) is 0 Å². The van der Waals surface area contributed by atoms with Crippen molar-refractivity contribution in [3.63, 3.8) is 0 Å². The number of piperazine rings is 1. The lowest BCUT2D eigenvalue weighted by atomic mass is 10.2. The third-order valence-electron chi connectivity index (χ3n) is 4.32. The van der Waals surface area contributed by atoms with Crippen LogP contribution in [-0.2, 0) is 0 Å². The van der Waals surface area contributed by atoms with Gasteiger partial charge in [0, 0.05) is 45.3 Å². The van der Waals surface area contributed by atoms with Gasteiger partial charge in [0.25, 0.3) is 0 Å². The van der Waals surface area contributed by atoms with Crippen molar-refractivity contribution in [1.82, 2.24) is 20.0 Å². The van der Waals surface area contributed by atoms with Crippen LogP contribution in [0.15, 0.2) is 39.9 Å². The minimum atomic E-state index is 0.601. The van der Waals surface area contributed by atoms with Crippen LogP contribution in [0.4, 0.5) is 0 Å². The predicted octanol–water partition coefficient (Wildman–Crippen LogP) is 2.05. The van der Waals surface area contributed by atoms with E-state index in [4.69, 9.17) is 11.6 Å². The summed E-state index contributed by atoms with van der Waals surface area (Å²) in [6.45, 7) is 13.7. The Bertz CT molecular complexity index is 501. The van der Waals surface area contributed by atoms with Crippen LogP contribution in [-0.4, -0.2) is 73.8 Å². The predicted molar refractivity (Wildman–Crippen MR) is 98.6 cm³/mol. The molecule has 1 N–H and O–H groups in total. The molecule has 2 rings (SSSR count). The average molecular weight is 338 g/mol. The zero-order valence-electron chi connectivity index (χ0n) is 14.4. The molecule has 0 unspecified atom stereocenters. The van der Waals surface area contributed by atoms with E-state index in [1.165, 1.54) is 0 Å². The SMILES string of the molecule is C=N/C(CNC)=C(/Cl)N1CC=CC=C1N1CCN(C(C)C)CC1. The summed E-state index contributed by atoms with van der Waals surface area (Å²) in [4.78, 5) is 11.1. The largest absolute Gasteiger partial charge is 0.355 e. The van der Waals surface area contributed by atoms with E-state index in [1.54, 1.807) is 0 Å². The molecule has 6 heteroatoms. The number of rotatable bonds is 6. The molecular weight excluding hydrogens is 310 g/mol. The molecule has 128 valence electrons. The summed E-state index contributed by atoms with van der Waals surface area (Å²) in [5.41, 5.74) is 0.774. The van der Waals surface area contributed by atoms with Gasteiger partial charge in [-0.3, -0.25) is 9.89 Å². The molecule has 2 aliphatic rings. The Kier molecular flexibility index (Phi) is 6.69. The smallest absolute Gasteiger partial charge is 0.133 e. The topological polar surface area (TPSA) is 34.1 Å². The van der Waals surface area contributed by atoms with Crippen molar-refractivity contribution in [3.05, 3.63) is 34.9 Å². The maximum atomic E-state index is 6.62. The number of aliphatic imine (C=N–C) groups is 1. The zero-order valence-corrected chi connectivity index (χ0v) is 15.2. The van der Waals surface area contributed by atoms with Gasteiger partial charge in [-0.1, -0.05) is 23.8 Å². The number of halogens is 1. The average Bonchev–Trinajstić information content (AvgIpc) is 2.59. The second-order valence-electron chi connectivity index (χ2n) is 6.11. The molecular formula is C17H28ClN5. The van der Waals surface area contributed by atoms with Crippen LogP contribution in [0.25, 0.3) is 0 Å². The lowest BCUT2D eigenvalue weighted by molar-refractivity contribution is 0.111. The van der Waals surface area contributed by atoms with E-state index in [0.29, 0.717) is 17.7 Å². The van der Waals surface area contributed by atoms with E-state index in [-0.39, 0.29) is 0 Å². The number of allylic oxidation sites excluding steroid dienone is 2. The first-order valence-corrected chi connectivity index (χ1v) is 8.59. The standard InChI is InChI=1S/C17H28ClN5/c1-14(2)21-9-11-22(12-10-21)16-7-5-6-8-23(16)17(18)15(20-4)13-19-3/h5-7,14,19H,4,8-13H2,1-3H3/b17-15-. The Morgan fingerprint density at radius 1 is 1.35 bits per heavy atom. The Hall–Kier alpha value is -1.30. The van der Waals surface area contributed by atoms with E-state index < -0.39 is 0 Å². The zero-order chi connectivity index (χ0) is 16.8. The molecule has 0 spiro atoms. The molecule has 0 amide bonds. The summed E-state index contributed by atoms with van der Waals surface area (Å²) < 4.78 is 0. The Morgan fingerprint density at radius 3 is 2.61 bits per heavy atom. The first kappa shape index (κ1) is 18.0. The minimum Gasteiger partial charge on any atom is -0.355 e. The van der Waals surface area contributed by atoms with Gasteiger partial charge in [-0.25, -0.2) is 0 Å². The summed E-state index contributed by atoms with van der Waals surface area (Å²) >= 11 is 6.62. The summed E-state index contributed by atoms with van der Waals surface area (Å²) in [5, 5.41) is 3.74. The normalized spacial score (nSPS) is 20.7. The Balaban J connectivity index is 2.14. The fraction of sp³-hybridized carbons (Fsp3) is 0.588. The highest BCUT2D eigenvalue weighted by molar-refractivity contribution is 6.29. The van der Waals surface area contributed by atoms with Crippen LogP contribution >= 0.6 is 11.6 Å². The first-order valence-electron chi connectivity index (χ1n) is 8.21. The summed E-state index contributed by atoms with van der Waals surface area (Å²) in [6.07, 6.45) is 6.34. The lowest BCUT2D eigenvalue weighted by Gasteiger charge is -2.42. The van der Waals surface area contributed by atoms with Crippen LogP contribution in [0.2, 0.25) is 0 Å². The molecule has 2 aliphatic heterocycles. The molecule has 2 heterocycles. The number of likely N-dealkylation sites (N-methyl/N-ethyl adjacent to an activating group) is 1. The van der Waals surface area contributed by atoms with Gasteiger partial charge in [-0.15, -0.1) is 0 Å². The Labute approximate surface area is 145 Å². The number of nitrogens with zero attached hydrogens (tertiary/aromatic N) is 4. The van der Waals surface area contributed by atoms with Gasteiger partial charge < -0.3 is 15.1 Å². The monoisotopic (exact) mass is 337 g/mol. The van der Waals surface area contributed by atoms with Gasteiger partial charge in [0.2, 0.25) is 0 Å². The highest BCUT2D eigenvalue weighted by Crippen LogP contribution is 2.26. The highest BCUT2D eigenvalue weighted by atomic mass is 35.5. The molecule has 0 saturated carbocycles. The van der Waals surface area contributed by atoms with E-state index in [0.717, 1.165) is 44.2 Å². The van der Waals surface area contributed by atoms with Crippen LogP contribution in [0.1, 0.15) is 13.8 Å². The van der Waals surface area contributed by atoms with Crippen molar-refractivity contribution < 1.29 is 0 Å². The van der Waals surface area contributed by atoms with E-state index in [1.807, 2.05) is 7.05 Å². The summed E-state index contributed by atoms with van der Waals surface area (Å²) in [7, 11) is 1.88. The number of hydrogen-bond acceptors (Lipinski definition) is 5. The molecule has 5 nitrogen and oxygen atoms in total. The van der Waals surface area contributed by atoms with Crippen molar-refractivity contribution in [2.75, 3.05) is 46.3 Å². The Morgan fingerprint density at radius 2 is 2.04 bits per heavy atom. The van der Waals surface area contributed by atoms with Crippen molar-refractivity contribution in [2.45, 2.75) is 19.9 Å². The van der Waals surface area contributed by atoms with Crippen molar-refractivity contribution in [1.29, 1.82) is 0 Å². The minimum absolute atomic E-state index is 0.601. The van der Waals surface area contributed by atoms with Crippen LogP contribution < -0.4 is 5.32 Å². The molecule has 1 saturated heterocycles. The molecule has 23 heavy (non-hydrogen) atoms. The lowest BCUT2D eigenvalue weighted by Crippen LogP contribution is -2.50. The maximum absolute atomic E-state index is 6.62. The molecule has 0 atom stereocenters. The molecule has 0 radical (unpaired) electrons. The summed E-state index contributed by atoms with van der Waals surface area (Å²) in [6, 6.07) is 0.601. The molecule has 0 aromatic rings. The van der Waals surface area contributed by atoms with Crippen molar-refractivity contribution in [3.8, 4) is 0 Å². The van der Waals surface area contributed by atoms with Crippen molar-refractivity contribution in [2.24, 2.45) is 4.99 Å². The van der Waals surface area contributed by atoms with Gasteiger partial charge in [0.05, 0.1) is 5.70 Å². The molecule has 1 fully saturated rings. The van der Waals surface area contributed by atoms with Crippen LogP contribution in [0.5, 0.6) is 0 Å². The third kappa shape index (κ3) is 4.37. The molecule has 0 aliphatic carbocycles. The van der Waals surface area contributed by atoms with E-state index in [2.05, 4.69) is 63.8 Å². The second-order valence-corrected chi connectivity index (χ2v) is 6.46. The molecule has 0 bridgehead atoms. The van der Waals surface area contributed by atoms with Crippen LogP contribution in [0.3, 0.4) is 0 Å². The van der Waals surface area contributed by atoms with E-state index >= 15 is 0 Å². The second kappa shape index (κ2) is 8.52. The van der Waals surface area contributed by atoms with E-state index in [9.17, 15) is 0 Å². The van der Waals surface area contributed by atoms with Gasteiger partial charge in [0.15, 0.2) is 0 Å². The quantitative estimate of drug-likeness (QED) is 0.594. The third-order valence-corrected chi connectivity index (χ3v) is 4.75. The first-order chi connectivity index (χ1) is 11.1. The molecule has 0 aromatic heterocycles. The van der Waals surface area contributed by atoms with Gasteiger partial charge >= 0.3 is 0 Å². The fourth-order valence-corrected chi connectivity index (χ4v) is 3.23. The molecule has 0 aromatic carbocycles. The van der Waals surface area contributed by atoms with Gasteiger partial charge in [-0.05, 0) is 33.7 Å². The van der Waals surface area contributed by atoms with Crippen molar-refractivity contribution >= 4 is 18.3 Å². The fourth-order valence-electron chi connectivity index (χ4n) is 2.95. The van der Waals surface area contributed by atoms with Gasteiger partial charge in [0.1, 0.15) is 11.0 Å².